The van der Waals surface area contributed by atoms with Crippen molar-refractivity contribution in [3.05, 3.63) is 39.9 Å². The number of rotatable bonds is 6. The summed E-state index contributed by atoms with van der Waals surface area (Å²) in [5, 5.41) is 10.1. The van der Waals surface area contributed by atoms with Crippen molar-refractivity contribution in [1.82, 2.24) is 0 Å². The van der Waals surface area contributed by atoms with Gasteiger partial charge in [-0.05, 0) is 12.5 Å². The predicted molar refractivity (Wildman–Crippen MR) is 66.6 cm³/mol. The lowest BCUT2D eigenvalue weighted by Crippen LogP contribution is -2.16. The SMILES string of the molecule is CCCCC(Cl)C(=O)c1ccccc1[N+](=O)[O-]. The molecule has 0 amide bonds. The fraction of sp³-hybridized carbons (Fsp3) is 0.417. The number of benzene rings is 1. The second-order valence-electron chi connectivity index (χ2n) is 3.75. The average Bonchev–Trinajstić information content (AvgIpc) is 2.34. The lowest BCUT2D eigenvalue weighted by molar-refractivity contribution is -0.385. The molecule has 1 atom stereocenters. The van der Waals surface area contributed by atoms with Crippen molar-refractivity contribution in [2.45, 2.75) is 31.6 Å². The minimum absolute atomic E-state index is 0.0913. The Morgan fingerprint density at radius 2 is 2.12 bits per heavy atom. The van der Waals surface area contributed by atoms with E-state index in [1.807, 2.05) is 6.92 Å². The summed E-state index contributed by atoms with van der Waals surface area (Å²) in [4.78, 5) is 22.2. The number of hydrogen-bond acceptors (Lipinski definition) is 3. The molecule has 0 aliphatic carbocycles. The second kappa shape index (κ2) is 6.35. The van der Waals surface area contributed by atoms with Crippen LogP contribution in [0.5, 0.6) is 0 Å². The normalized spacial score (nSPS) is 12.1. The Morgan fingerprint density at radius 1 is 1.47 bits per heavy atom. The van der Waals surface area contributed by atoms with Crippen LogP contribution in [0.15, 0.2) is 24.3 Å². The summed E-state index contributed by atoms with van der Waals surface area (Å²) in [6.45, 7) is 2.00. The minimum atomic E-state index is -0.684. The van der Waals surface area contributed by atoms with Crippen molar-refractivity contribution in [3.63, 3.8) is 0 Å². The molecule has 0 heterocycles. The van der Waals surface area contributed by atoms with Crippen LogP contribution in [-0.2, 0) is 0 Å². The van der Waals surface area contributed by atoms with Crippen molar-refractivity contribution >= 4 is 23.1 Å². The van der Waals surface area contributed by atoms with Gasteiger partial charge in [0.25, 0.3) is 5.69 Å². The number of carbonyl (C=O) groups excluding carboxylic acids is 1. The van der Waals surface area contributed by atoms with Crippen LogP contribution < -0.4 is 0 Å². The quantitative estimate of drug-likeness (QED) is 0.338. The zero-order chi connectivity index (χ0) is 12.8. The topological polar surface area (TPSA) is 60.2 Å². The Labute approximate surface area is 105 Å². The van der Waals surface area contributed by atoms with E-state index in [1.165, 1.54) is 18.2 Å². The number of nitrogens with zero attached hydrogens (tertiary/aromatic N) is 1. The highest BCUT2D eigenvalue weighted by Crippen LogP contribution is 2.22. The summed E-state index contributed by atoms with van der Waals surface area (Å²) in [6, 6.07) is 5.90. The van der Waals surface area contributed by atoms with E-state index in [4.69, 9.17) is 11.6 Å². The molecule has 1 unspecified atom stereocenters. The molecule has 0 bridgehead atoms. The largest absolute Gasteiger partial charge is 0.292 e. The number of hydrogen-bond donors (Lipinski definition) is 0. The number of carbonyl (C=O) groups is 1. The van der Waals surface area contributed by atoms with Crippen LogP contribution in [0.4, 0.5) is 5.69 Å². The van der Waals surface area contributed by atoms with Gasteiger partial charge in [-0.3, -0.25) is 14.9 Å². The molecule has 92 valence electrons. The summed E-state index contributed by atoms with van der Waals surface area (Å²) in [6.07, 6.45) is 2.32. The van der Waals surface area contributed by atoms with Crippen LogP contribution in [0, 0.1) is 10.1 Å². The highest BCUT2D eigenvalue weighted by molar-refractivity contribution is 6.34. The minimum Gasteiger partial charge on any atom is -0.292 e. The molecule has 5 heteroatoms. The third kappa shape index (κ3) is 3.53. The molecule has 0 fully saturated rings. The molecule has 4 nitrogen and oxygen atoms in total. The summed E-state index contributed by atoms with van der Waals surface area (Å²) in [5.74, 6) is -0.368. The van der Waals surface area contributed by atoms with Crippen molar-refractivity contribution in [1.29, 1.82) is 0 Å². The highest BCUT2D eigenvalue weighted by Gasteiger charge is 2.24. The molecule has 0 saturated carbocycles. The van der Waals surface area contributed by atoms with Crippen molar-refractivity contribution in [3.8, 4) is 0 Å². The Hall–Kier alpha value is -1.42. The molecule has 1 aromatic rings. The van der Waals surface area contributed by atoms with E-state index < -0.39 is 10.3 Å². The van der Waals surface area contributed by atoms with Gasteiger partial charge in [0, 0.05) is 6.07 Å². The molecule has 0 aliphatic rings. The van der Waals surface area contributed by atoms with E-state index in [9.17, 15) is 14.9 Å². The Balaban J connectivity index is 2.92. The van der Waals surface area contributed by atoms with Crippen molar-refractivity contribution in [2.75, 3.05) is 0 Å². The Morgan fingerprint density at radius 3 is 2.71 bits per heavy atom. The number of nitro benzene ring substituents is 1. The zero-order valence-corrected chi connectivity index (χ0v) is 10.3. The fourth-order valence-corrected chi connectivity index (χ4v) is 1.80. The van der Waals surface area contributed by atoms with Gasteiger partial charge in [0.05, 0.1) is 15.9 Å². The number of unbranched alkanes of at least 4 members (excludes halogenated alkanes) is 1. The molecular formula is C12H14ClNO3. The maximum absolute atomic E-state index is 11.9. The van der Waals surface area contributed by atoms with Crippen molar-refractivity contribution in [2.24, 2.45) is 0 Å². The van der Waals surface area contributed by atoms with Gasteiger partial charge in [-0.2, -0.15) is 0 Å². The van der Waals surface area contributed by atoms with Crippen LogP contribution in [0.3, 0.4) is 0 Å². The molecule has 17 heavy (non-hydrogen) atoms. The van der Waals surface area contributed by atoms with Gasteiger partial charge in [0.1, 0.15) is 0 Å². The molecule has 0 spiro atoms. The van der Waals surface area contributed by atoms with Gasteiger partial charge >= 0.3 is 0 Å². The Kier molecular flexibility index (Phi) is 5.10. The first-order valence-corrected chi connectivity index (χ1v) is 5.93. The first-order valence-electron chi connectivity index (χ1n) is 5.49. The van der Waals surface area contributed by atoms with Gasteiger partial charge in [-0.1, -0.05) is 31.9 Å². The van der Waals surface area contributed by atoms with Crippen LogP contribution in [0.25, 0.3) is 0 Å². The van der Waals surface area contributed by atoms with E-state index >= 15 is 0 Å². The third-order valence-electron chi connectivity index (χ3n) is 2.46. The molecule has 0 aliphatic heterocycles. The number of Topliss-reactive ketones (excluding diaryl/α,β-unsaturated/α-hetero) is 1. The molecular weight excluding hydrogens is 242 g/mol. The smallest absolute Gasteiger partial charge is 0.280 e. The average molecular weight is 256 g/mol. The van der Waals surface area contributed by atoms with Gasteiger partial charge in [0.15, 0.2) is 5.78 Å². The van der Waals surface area contributed by atoms with E-state index in [2.05, 4.69) is 0 Å². The zero-order valence-electron chi connectivity index (χ0n) is 9.56. The molecule has 0 saturated heterocycles. The third-order valence-corrected chi connectivity index (χ3v) is 2.88. The number of halogens is 1. The van der Waals surface area contributed by atoms with E-state index in [-0.39, 0.29) is 17.0 Å². The predicted octanol–water partition coefficient (Wildman–Crippen LogP) is 3.58. The van der Waals surface area contributed by atoms with Crippen LogP contribution in [-0.4, -0.2) is 16.1 Å². The maximum Gasteiger partial charge on any atom is 0.280 e. The van der Waals surface area contributed by atoms with E-state index in [0.29, 0.717) is 6.42 Å². The molecule has 0 N–H and O–H groups in total. The summed E-state index contributed by atoms with van der Waals surface area (Å²) in [5.41, 5.74) is -0.0896. The van der Waals surface area contributed by atoms with Gasteiger partial charge in [-0.25, -0.2) is 0 Å². The summed E-state index contributed by atoms with van der Waals surface area (Å²) in [7, 11) is 0. The molecule has 0 aromatic heterocycles. The van der Waals surface area contributed by atoms with Crippen LogP contribution >= 0.6 is 11.6 Å². The first kappa shape index (κ1) is 13.6. The number of alkyl halides is 1. The van der Waals surface area contributed by atoms with Gasteiger partial charge in [-0.15, -0.1) is 11.6 Å². The van der Waals surface area contributed by atoms with E-state index in [1.54, 1.807) is 6.07 Å². The maximum atomic E-state index is 11.9. The lowest BCUT2D eigenvalue weighted by atomic mass is 10.0. The summed E-state index contributed by atoms with van der Waals surface area (Å²) < 4.78 is 0. The fourth-order valence-electron chi connectivity index (χ4n) is 1.52. The Bertz CT molecular complexity index is 420. The standard InChI is InChI=1S/C12H14ClNO3/c1-2-3-7-10(13)12(15)9-6-4-5-8-11(9)14(16)17/h4-6,8,10H,2-3,7H2,1H3. The highest BCUT2D eigenvalue weighted by atomic mass is 35.5. The first-order chi connectivity index (χ1) is 8.07. The van der Waals surface area contributed by atoms with Crippen LogP contribution in [0.1, 0.15) is 36.5 Å². The molecule has 1 aromatic carbocycles. The van der Waals surface area contributed by atoms with E-state index in [0.717, 1.165) is 12.8 Å². The van der Waals surface area contributed by atoms with Crippen molar-refractivity contribution < 1.29 is 9.72 Å². The number of ketones is 1. The molecule has 0 radical (unpaired) electrons. The second-order valence-corrected chi connectivity index (χ2v) is 4.28. The summed E-state index contributed by atoms with van der Waals surface area (Å²) >= 11 is 5.95. The van der Waals surface area contributed by atoms with Crippen LogP contribution in [0.2, 0.25) is 0 Å². The van der Waals surface area contributed by atoms with Gasteiger partial charge < -0.3 is 0 Å². The monoisotopic (exact) mass is 255 g/mol. The lowest BCUT2D eigenvalue weighted by Gasteiger charge is -2.07. The molecule has 1 rings (SSSR count). The number of nitro groups is 1. The number of para-hydroxylation sites is 1. The van der Waals surface area contributed by atoms with Gasteiger partial charge in [0.2, 0.25) is 0 Å².